The average molecular weight is 364 g/mol. The number of aryl methyl sites for hydroxylation is 1. The smallest absolute Gasteiger partial charge is 0.0591 e. The number of allylic oxidation sites excluding steroid dienone is 7. The Kier molecular flexibility index (Phi) is 6.66. The fourth-order valence-corrected chi connectivity index (χ4v) is 2.57. The summed E-state index contributed by atoms with van der Waals surface area (Å²) in [6.07, 6.45) is 11.7. The van der Waals surface area contributed by atoms with Crippen molar-refractivity contribution in [2.75, 3.05) is 7.05 Å². The van der Waals surface area contributed by atoms with Gasteiger partial charge < -0.3 is 21.7 Å². The molecule has 5 heteroatoms. The first-order valence-corrected chi connectivity index (χ1v) is 8.88. The van der Waals surface area contributed by atoms with Gasteiger partial charge in [-0.1, -0.05) is 12.7 Å². The third kappa shape index (κ3) is 5.38. The van der Waals surface area contributed by atoms with Crippen molar-refractivity contribution >= 4 is 5.57 Å². The van der Waals surface area contributed by atoms with E-state index in [-0.39, 0.29) is 0 Å². The zero-order valence-corrected chi connectivity index (χ0v) is 16.8. The maximum Gasteiger partial charge on any atom is 0.0591 e. The van der Waals surface area contributed by atoms with Crippen LogP contribution in [0.25, 0.3) is 5.57 Å². The maximum absolute atomic E-state index is 5.84. The van der Waals surface area contributed by atoms with E-state index >= 15 is 0 Å². The largest absolute Gasteiger partial charge is 0.402 e. The van der Waals surface area contributed by atoms with Gasteiger partial charge in [0.1, 0.15) is 0 Å². The lowest BCUT2D eigenvalue weighted by atomic mass is 10.0. The van der Waals surface area contributed by atoms with Crippen molar-refractivity contribution in [3.05, 3.63) is 94.7 Å². The number of aromatic nitrogens is 1. The third-order valence-corrected chi connectivity index (χ3v) is 4.31. The molecule has 0 amide bonds. The van der Waals surface area contributed by atoms with E-state index in [0.29, 0.717) is 0 Å². The van der Waals surface area contributed by atoms with Gasteiger partial charge in [-0.3, -0.25) is 4.98 Å². The average Bonchev–Trinajstić information content (AvgIpc) is 2.66. The van der Waals surface area contributed by atoms with Gasteiger partial charge in [0.2, 0.25) is 0 Å². The van der Waals surface area contributed by atoms with E-state index in [2.05, 4.69) is 45.7 Å². The molecule has 1 aliphatic rings. The van der Waals surface area contributed by atoms with Crippen LogP contribution in [0.15, 0.2) is 83.5 Å². The number of hydrogen-bond acceptors (Lipinski definition) is 5. The quantitative estimate of drug-likeness (QED) is 0.581. The summed E-state index contributed by atoms with van der Waals surface area (Å²) in [5.41, 5.74) is 14.6. The second kappa shape index (κ2) is 8.94. The van der Waals surface area contributed by atoms with Gasteiger partial charge in [0, 0.05) is 54.0 Å². The molecule has 1 aliphatic heterocycles. The van der Waals surface area contributed by atoms with Crippen molar-refractivity contribution in [1.82, 2.24) is 20.9 Å². The van der Waals surface area contributed by atoms with Crippen molar-refractivity contribution in [3.63, 3.8) is 0 Å². The number of nitrogens with one attached hydrogen (secondary N) is 3. The molecule has 0 atom stereocenters. The van der Waals surface area contributed by atoms with Crippen LogP contribution in [0, 0.1) is 6.92 Å². The Hall–Kier alpha value is -3.21. The molecule has 0 bridgehead atoms. The Morgan fingerprint density at radius 3 is 2.52 bits per heavy atom. The molecule has 2 rings (SSSR count). The molecule has 0 saturated heterocycles. The Balaban J connectivity index is 2.18. The molecule has 0 fully saturated rings. The first kappa shape index (κ1) is 20.1. The summed E-state index contributed by atoms with van der Waals surface area (Å²) in [6.45, 7) is 12.1. The van der Waals surface area contributed by atoms with Crippen molar-refractivity contribution in [1.29, 1.82) is 0 Å². The van der Waals surface area contributed by atoms with Crippen molar-refractivity contribution in [2.45, 2.75) is 27.7 Å². The van der Waals surface area contributed by atoms with Crippen molar-refractivity contribution < 1.29 is 0 Å². The van der Waals surface area contributed by atoms with Gasteiger partial charge in [0.05, 0.1) is 5.70 Å². The highest BCUT2D eigenvalue weighted by atomic mass is 15.0. The number of pyridine rings is 1. The van der Waals surface area contributed by atoms with Crippen LogP contribution in [0.5, 0.6) is 0 Å². The molecule has 5 nitrogen and oxygen atoms in total. The Labute approximate surface area is 162 Å². The Morgan fingerprint density at radius 1 is 1.22 bits per heavy atom. The SMILES string of the molecule is C=C(NC(/C=C(\C)N)=C(\C)NC)/C(C)=C1\C=CC(c2cncc(C)c2)=CN1. The predicted molar refractivity (Wildman–Crippen MR) is 114 cm³/mol. The molecule has 27 heavy (non-hydrogen) atoms. The van der Waals surface area contributed by atoms with Crippen molar-refractivity contribution in [3.8, 4) is 0 Å². The molecule has 1 aromatic rings. The van der Waals surface area contributed by atoms with E-state index in [1.165, 1.54) is 0 Å². The monoisotopic (exact) mass is 363 g/mol. The number of hydrogen-bond donors (Lipinski definition) is 4. The number of nitrogens with zero attached hydrogens (tertiary/aromatic N) is 1. The van der Waals surface area contributed by atoms with Gasteiger partial charge in [-0.05, 0) is 62.6 Å². The number of rotatable bonds is 6. The maximum atomic E-state index is 5.84. The first-order valence-electron chi connectivity index (χ1n) is 8.88. The predicted octanol–water partition coefficient (Wildman–Crippen LogP) is 3.58. The fraction of sp³-hybridized carbons (Fsp3) is 0.227. The molecular weight excluding hydrogens is 334 g/mol. The summed E-state index contributed by atoms with van der Waals surface area (Å²) < 4.78 is 0. The number of nitrogens with two attached hydrogens (primary N) is 1. The molecule has 0 spiro atoms. The van der Waals surface area contributed by atoms with E-state index in [1.807, 2.05) is 59.4 Å². The van der Waals surface area contributed by atoms with Crippen LogP contribution in [0.1, 0.15) is 31.9 Å². The minimum atomic E-state index is 0.722. The summed E-state index contributed by atoms with van der Waals surface area (Å²) in [5, 5.41) is 9.84. The highest BCUT2D eigenvalue weighted by Gasteiger charge is 2.10. The fourth-order valence-electron chi connectivity index (χ4n) is 2.57. The molecule has 0 aromatic carbocycles. The molecule has 142 valence electrons. The molecule has 2 heterocycles. The molecular formula is C22H29N5. The summed E-state index contributed by atoms with van der Waals surface area (Å²) in [5.74, 6) is 0. The third-order valence-electron chi connectivity index (χ3n) is 4.31. The van der Waals surface area contributed by atoms with Crippen molar-refractivity contribution in [2.24, 2.45) is 5.73 Å². The second-order valence-electron chi connectivity index (χ2n) is 6.65. The molecule has 0 saturated carbocycles. The highest BCUT2D eigenvalue weighted by Crippen LogP contribution is 2.22. The summed E-state index contributed by atoms with van der Waals surface area (Å²) in [6, 6.07) is 2.12. The topological polar surface area (TPSA) is 75.0 Å². The van der Waals surface area contributed by atoms with Crippen LogP contribution in [0.4, 0.5) is 0 Å². The standard InChI is InChI=1S/C22H29N5/c1-14-9-20(12-25-11-14)19-7-8-21(26-13-19)16(3)17(4)27-22(10-15(2)23)18(5)24-6/h7-13,24,26-27H,4,23H2,1-3,5-6H3/b15-10+,21-16+,22-18+. The minimum absolute atomic E-state index is 0.722. The van der Waals surface area contributed by atoms with Gasteiger partial charge in [0.25, 0.3) is 0 Å². The van der Waals surface area contributed by atoms with E-state index < -0.39 is 0 Å². The van der Waals surface area contributed by atoms with Crippen LogP contribution in [-0.2, 0) is 0 Å². The number of dihydropyridines is 1. The highest BCUT2D eigenvalue weighted by molar-refractivity contribution is 5.76. The normalized spacial score (nSPS) is 16.8. The summed E-state index contributed by atoms with van der Waals surface area (Å²) in [4.78, 5) is 4.26. The van der Waals surface area contributed by atoms with Crippen LogP contribution in [-0.4, -0.2) is 12.0 Å². The zero-order valence-electron chi connectivity index (χ0n) is 16.8. The molecule has 0 radical (unpaired) electrons. The minimum Gasteiger partial charge on any atom is -0.402 e. The van der Waals surface area contributed by atoms with Crippen LogP contribution >= 0.6 is 0 Å². The van der Waals surface area contributed by atoms with Gasteiger partial charge in [-0.15, -0.1) is 0 Å². The van der Waals surface area contributed by atoms with E-state index in [1.54, 1.807) is 0 Å². The van der Waals surface area contributed by atoms with Gasteiger partial charge >= 0.3 is 0 Å². The lowest BCUT2D eigenvalue weighted by Gasteiger charge is -2.19. The molecule has 1 aromatic heterocycles. The Morgan fingerprint density at radius 2 is 1.96 bits per heavy atom. The second-order valence-corrected chi connectivity index (χ2v) is 6.65. The summed E-state index contributed by atoms with van der Waals surface area (Å²) in [7, 11) is 1.88. The summed E-state index contributed by atoms with van der Waals surface area (Å²) >= 11 is 0. The van der Waals surface area contributed by atoms with E-state index in [0.717, 1.165) is 50.8 Å². The van der Waals surface area contributed by atoms with Crippen LogP contribution in [0.3, 0.4) is 0 Å². The first-order chi connectivity index (χ1) is 12.8. The molecule has 0 unspecified atom stereocenters. The lowest BCUT2D eigenvalue weighted by Crippen LogP contribution is -2.20. The van der Waals surface area contributed by atoms with Crippen LogP contribution < -0.4 is 21.7 Å². The van der Waals surface area contributed by atoms with E-state index in [9.17, 15) is 0 Å². The molecule has 0 aliphatic carbocycles. The van der Waals surface area contributed by atoms with Gasteiger partial charge in [0.15, 0.2) is 0 Å². The van der Waals surface area contributed by atoms with Gasteiger partial charge in [-0.25, -0.2) is 0 Å². The lowest BCUT2D eigenvalue weighted by molar-refractivity contribution is 0.894. The van der Waals surface area contributed by atoms with Gasteiger partial charge in [-0.2, -0.15) is 0 Å². The zero-order chi connectivity index (χ0) is 20.0. The Bertz CT molecular complexity index is 878. The molecule has 5 N–H and O–H groups in total. The van der Waals surface area contributed by atoms with E-state index in [4.69, 9.17) is 5.73 Å². The van der Waals surface area contributed by atoms with Crippen LogP contribution in [0.2, 0.25) is 0 Å².